The van der Waals surface area contributed by atoms with E-state index in [9.17, 15) is 9.59 Å². The van der Waals surface area contributed by atoms with Crippen molar-refractivity contribution in [2.45, 2.75) is 39.8 Å². The molecule has 0 saturated carbocycles. The van der Waals surface area contributed by atoms with Gasteiger partial charge in [-0.05, 0) is 51.0 Å². The van der Waals surface area contributed by atoms with Crippen molar-refractivity contribution < 1.29 is 9.59 Å². The molecule has 2 atom stereocenters. The second kappa shape index (κ2) is 11.9. The first kappa shape index (κ1) is 29.4. The monoisotopic (exact) mass is 604 g/mol. The maximum atomic E-state index is 14.5. The van der Waals surface area contributed by atoms with E-state index in [2.05, 4.69) is 0 Å². The summed E-state index contributed by atoms with van der Waals surface area (Å²) in [5.41, 5.74) is 8.23. The Labute approximate surface area is 269 Å². The van der Waals surface area contributed by atoms with E-state index in [1.54, 1.807) is 0 Å². The van der Waals surface area contributed by atoms with Crippen molar-refractivity contribution in [1.29, 1.82) is 0 Å². The highest BCUT2D eigenvalue weighted by Gasteiger charge is 2.37. The van der Waals surface area contributed by atoms with Gasteiger partial charge in [0.25, 0.3) is 11.8 Å². The lowest BCUT2D eigenvalue weighted by Gasteiger charge is -2.44. The van der Waals surface area contributed by atoms with Crippen LogP contribution in [0.5, 0.6) is 0 Å². The highest BCUT2D eigenvalue weighted by Crippen LogP contribution is 2.34. The predicted molar refractivity (Wildman–Crippen MR) is 185 cm³/mol. The molecule has 1 aliphatic heterocycles. The van der Waals surface area contributed by atoms with Crippen LogP contribution in [0.3, 0.4) is 0 Å². The van der Waals surface area contributed by atoms with Gasteiger partial charge in [0.2, 0.25) is 0 Å². The van der Waals surface area contributed by atoms with Crippen LogP contribution in [-0.2, 0) is 0 Å². The molecule has 1 aliphatic rings. The van der Waals surface area contributed by atoms with Gasteiger partial charge in [-0.3, -0.25) is 9.59 Å². The minimum absolute atomic E-state index is 0.0309. The van der Waals surface area contributed by atoms with Gasteiger partial charge < -0.3 is 9.80 Å². The summed E-state index contributed by atoms with van der Waals surface area (Å²) in [6.07, 6.45) is 0. The van der Waals surface area contributed by atoms with Crippen LogP contribution in [0.2, 0.25) is 0 Å². The molecule has 0 N–H and O–H groups in total. The van der Waals surface area contributed by atoms with Gasteiger partial charge in [0, 0.05) is 47.1 Å². The van der Waals surface area contributed by atoms with E-state index >= 15 is 0 Å². The van der Waals surface area contributed by atoms with Crippen LogP contribution in [0, 0.1) is 13.8 Å². The molecule has 7 rings (SSSR count). The zero-order valence-electron chi connectivity index (χ0n) is 26.6. The number of piperazine rings is 1. The number of amides is 2. The van der Waals surface area contributed by atoms with Crippen molar-refractivity contribution in [3.8, 4) is 22.5 Å². The number of carbonyl (C=O) groups is 2. The minimum Gasteiger partial charge on any atom is -0.332 e. The number of para-hydroxylation sites is 2. The Morgan fingerprint density at radius 3 is 1.28 bits per heavy atom. The third-order valence-corrected chi connectivity index (χ3v) is 9.30. The Balaban J connectivity index is 1.25. The summed E-state index contributed by atoms with van der Waals surface area (Å²) in [5.74, 6) is -0.0618. The second-order valence-electron chi connectivity index (χ2n) is 12.3. The Morgan fingerprint density at radius 1 is 0.543 bits per heavy atom. The predicted octanol–water partition coefficient (Wildman–Crippen LogP) is 8.11. The number of fused-ring (bicyclic) bond motifs is 2. The average Bonchev–Trinajstić information content (AvgIpc) is 3.09. The van der Waals surface area contributed by atoms with E-state index in [4.69, 9.17) is 9.97 Å². The standard InChI is InChI=1S/C40H36N4O2/c1-25-23-44(40(46)36-28(4)38(30-17-9-6-10-18-30)42-34-22-14-12-20-32(34)36)26(2)24-43(25)39(45)35-27(3)37(29-15-7-5-8-16-29)41-33-21-13-11-19-31(33)35/h5-22,25-26H,23-24H2,1-4H3. The number of benzene rings is 4. The molecular weight excluding hydrogens is 568 g/mol. The molecule has 2 unspecified atom stereocenters. The SMILES string of the molecule is Cc1c(-c2ccccc2)nc2ccccc2c1C(=O)N1CC(C)N(C(=O)c2c(C)c(-c3ccccc3)nc3ccccc23)CC1C. The number of rotatable bonds is 4. The van der Waals surface area contributed by atoms with Gasteiger partial charge in [-0.1, -0.05) is 97.1 Å². The molecule has 0 radical (unpaired) electrons. The van der Waals surface area contributed by atoms with Gasteiger partial charge in [0.1, 0.15) is 0 Å². The highest BCUT2D eigenvalue weighted by atomic mass is 16.2. The lowest BCUT2D eigenvalue weighted by atomic mass is 9.94. The van der Waals surface area contributed by atoms with Gasteiger partial charge in [-0.15, -0.1) is 0 Å². The quantitative estimate of drug-likeness (QED) is 0.204. The van der Waals surface area contributed by atoms with E-state index in [0.717, 1.165) is 55.4 Å². The molecule has 2 aromatic heterocycles. The van der Waals surface area contributed by atoms with Crippen LogP contribution in [-0.4, -0.2) is 56.8 Å². The smallest absolute Gasteiger partial charge is 0.255 e. The minimum atomic E-state index is -0.193. The van der Waals surface area contributed by atoms with Crippen molar-refractivity contribution in [1.82, 2.24) is 19.8 Å². The van der Waals surface area contributed by atoms with Crippen molar-refractivity contribution in [3.63, 3.8) is 0 Å². The summed E-state index contributed by atoms with van der Waals surface area (Å²) in [6.45, 7) is 8.91. The molecule has 1 saturated heterocycles. The molecule has 0 bridgehead atoms. The van der Waals surface area contributed by atoms with Crippen molar-refractivity contribution in [2.75, 3.05) is 13.1 Å². The summed E-state index contributed by atoms with van der Waals surface area (Å²) < 4.78 is 0. The van der Waals surface area contributed by atoms with E-state index in [1.807, 2.05) is 147 Å². The highest BCUT2D eigenvalue weighted by molar-refractivity contribution is 6.10. The Hall–Kier alpha value is -5.36. The third-order valence-electron chi connectivity index (χ3n) is 9.30. The largest absolute Gasteiger partial charge is 0.332 e. The van der Waals surface area contributed by atoms with Gasteiger partial charge >= 0.3 is 0 Å². The fraction of sp³-hybridized carbons (Fsp3) is 0.200. The lowest BCUT2D eigenvalue weighted by molar-refractivity contribution is 0.0271. The molecule has 6 aromatic rings. The van der Waals surface area contributed by atoms with Crippen LogP contribution >= 0.6 is 0 Å². The first-order valence-corrected chi connectivity index (χ1v) is 15.8. The van der Waals surface area contributed by atoms with E-state index in [1.165, 1.54) is 0 Å². The fourth-order valence-corrected chi connectivity index (χ4v) is 6.90. The van der Waals surface area contributed by atoms with Crippen LogP contribution < -0.4 is 0 Å². The molecule has 1 fully saturated rings. The number of aromatic nitrogens is 2. The van der Waals surface area contributed by atoms with Crippen molar-refractivity contribution >= 4 is 33.6 Å². The molecule has 228 valence electrons. The zero-order chi connectivity index (χ0) is 31.9. The summed E-state index contributed by atoms with van der Waals surface area (Å²) in [5, 5.41) is 1.69. The fourth-order valence-electron chi connectivity index (χ4n) is 6.90. The number of hydrogen-bond acceptors (Lipinski definition) is 4. The Kier molecular flexibility index (Phi) is 7.57. The summed E-state index contributed by atoms with van der Waals surface area (Å²) in [7, 11) is 0. The Bertz CT molecular complexity index is 1960. The summed E-state index contributed by atoms with van der Waals surface area (Å²) in [6, 6.07) is 35.4. The van der Waals surface area contributed by atoms with Crippen LogP contribution in [0.4, 0.5) is 0 Å². The molecular formula is C40H36N4O2. The molecule has 2 amide bonds. The summed E-state index contributed by atoms with van der Waals surface area (Å²) >= 11 is 0. The first-order chi connectivity index (χ1) is 22.3. The van der Waals surface area contributed by atoms with Crippen molar-refractivity contribution in [3.05, 3.63) is 131 Å². The first-order valence-electron chi connectivity index (χ1n) is 15.8. The zero-order valence-corrected chi connectivity index (χ0v) is 26.6. The topological polar surface area (TPSA) is 66.4 Å². The average molecular weight is 605 g/mol. The number of nitrogens with zero attached hydrogens (tertiary/aromatic N) is 4. The maximum absolute atomic E-state index is 14.5. The maximum Gasteiger partial charge on any atom is 0.255 e. The Morgan fingerprint density at radius 2 is 0.891 bits per heavy atom. The lowest BCUT2D eigenvalue weighted by Crippen LogP contribution is -2.59. The normalized spacial score (nSPS) is 16.6. The second-order valence-corrected chi connectivity index (χ2v) is 12.3. The molecule has 6 nitrogen and oxygen atoms in total. The summed E-state index contributed by atoms with van der Waals surface area (Å²) in [4.78, 5) is 42.9. The van der Waals surface area contributed by atoms with Crippen LogP contribution in [0.15, 0.2) is 109 Å². The van der Waals surface area contributed by atoms with E-state index < -0.39 is 0 Å². The van der Waals surface area contributed by atoms with Crippen LogP contribution in [0.1, 0.15) is 45.7 Å². The number of hydrogen-bond donors (Lipinski definition) is 0. The third kappa shape index (κ3) is 5.00. The van der Waals surface area contributed by atoms with E-state index in [-0.39, 0.29) is 23.9 Å². The molecule has 6 heteroatoms. The van der Waals surface area contributed by atoms with Crippen LogP contribution in [0.25, 0.3) is 44.3 Å². The molecule has 0 aliphatic carbocycles. The van der Waals surface area contributed by atoms with Gasteiger partial charge in [0.15, 0.2) is 0 Å². The molecule has 3 heterocycles. The van der Waals surface area contributed by atoms with Gasteiger partial charge in [-0.2, -0.15) is 0 Å². The molecule has 4 aromatic carbocycles. The molecule has 46 heavy (non-hydrogen) atoms. The van der Waals surface area contributed by atoms with Gasteiger partial charge in [-0.25, -0.2) is 9.97 Å². The number of carbonyl (C=O) groups excluding carboxylic acids is 2. The molecule has 0 spiro atoms. The van der Waals surface area contributed by atoms with E-state index in [0.29, 0.717) is 24.2 Å². The number of pyridine rings is 2. The van der Waals surface area contributed by atoms with Gasteiger partial charge in [0.05, 0.1) is 33.5 Å². The van der Waals surface area contributed by atoms with Crippen molar-refractivity contribution in [2.24, 2.45) is 0 Å².